The zero-order chi connectivity index (χ0) is 14.5. The number of pyridine rings is 1. The van der Waals surface area contributed by atoms with Crippen LogP contribution in [0.25, 0.3) is 11.5 Å². The van der Waals surface area contributed by atoms with E-state index in [1.807, 2.05) is 18.2 Å². The van der Waals surface area contributed by atoms with Gasteiger partial charge in [0.25, 0.3) is 0 Å². The summed E-state index contributed by atoms with van der Waals surface area (Å²) >= 11 is 3.51. The highest BCUT2D eigenvalue weighted by atomic mass is 79.9. The van der Waals surface area contributed by atoms with E-state index >= 15 is 0 Å². The summed E-state index contributed by atoms with van der Waals surface area (Å²) in [5, 5.41) is 3.26. The first kappa shape index (κ1) is 14.9. The molecule has 20 heavy (non-hydrogen) atoms. The van der Waals surface area contributed by atoms with E-state index in [0.29, 0.717) is 11.7 Å². The Morgan fingerprint density at radius 1 is 1.30 bits per heavy atom. The number of aromatic nitrogens is 3. The fourth-order valence-corrected chi connectivity index (χ4v) is 2.38. The van der Waals surface area contributed by atoms with Crippen molar-refractivity contribution < 1.29 is 0 Å². The van der Waals surface area contributed by atoms with Crippen LogP contribution in [-0.2, 0) is 6.42 Å². The first-order chi connectivity index (χ1) is 9.60. The molecule has 0 unspecified atom stereocenters. The molecule has 5 heteroatoms. The van der Waals surface area contributed by atoms with Crippen molar-refractivity contribution in [3.8, 4) is 11.5 Å². The molecule has 2 heterocycles. The van der Waals surface area contributed by atoms with Gasteiger partial charge in [0.2, 0.25) is 0 Å². The molecule has 0 amide bonds. The molecule has 0 aliphatic carbocycles. The van der Waals surface area contributed by atoms with E-state index in [0.717, 1.165) is 34.6 Å². The SMILES string of the molecule is CCNc1cc(CC(C)C)nc(-c2ncccc2Br)n1. The summed E-state index contributed by atoms with van der Waals surface area (Å²) in [6, 6.07) is 5.86. The van der Waals surface area contributed by atoms with Gasteiger partial charge < -0.3 is 5.32 Å². The van der Waals surface area contributed by atoms with Gasteiger partial charge in [-0.2, -0.15) is 0 Å². The molecule has 0 radical (unpaired) electrons. The van der Waals surface area contributed by atoms with Crippen molar-refractivity contribution in [1.29, 1.82) is 0 Å². The molecule has 2 rings (SSSR count). The normalized spacial score (nSPS) is 10.8. The van der Waals surface area contributed by atoms with Gasteiger partial charge in [0.15, 0.2) is 5.82 Å². The van der Waals surface area contributed by atoms with Crippen molar-refractivity contribution >= 4 is 21.7 Å². The third kappa shape index (κ3) is 3.76. The minimum Gasteiger partial charge on any atom is -0.370 e. The highest BCUT2D eigenvalue weighted by Gasteiger charge is 2.11. The summed E-state index contributed by atoms with van der Waals surface area (Å²) in [5.41, 5.74) is 1.82. The maximum Gasteiger partial charge on any atom is 0.181 e. The number of anilines is 1. The second kappa shape index (κ2) is 6.79. The van der Waals surface area contributed by atoms with Gasteiger partial charge in [0, 0.05) is 29.0 Å². The molecule has 0 atom stereocenters. The Kier molecular flexibility index (Phi) is 5.06. The van der Waals surface area contributed by atoms with Crippen LogP contribution in [0, 0.1) is 5.92 Å². The number of nitrogens with zero attached hydrogens (tertiary/aromatic N) is 3. The van der Waals surface area contributed by atoms with Crippen molar-refractivity contribution in [1.82, 2.24) is 15.0 Å². The van der Waals surface area contributed by atoms with E-state index < -0.39 is 0 Å². The average Bonchev–Trinajstić information content (AvgIpc) is 2.38. The van der Waals surface area contributed by atoms with Crippen molar-refractivity contribution in [3.63, 3.8) is 0 Å². The lowest BCUT2D eigenvalue weighted by Gasteiger charge is -2.10. The Morgan fingerprint density at radius 3 is 2.75 bits per heavy atom. The van der Waals surface area contributed by atoms with Gasteiger partial charge >= 0.3 is 0 Å². The molecule has 4 nitrogen and oxygen atoms in total. The fraction of sp³-hybridized carbons (Fsp3) is 0.400. The summed E-state index contributed by atoms with van der Waals surface area (Å²) in [6.07, 6.45) is 2.68. The average molecular weight is 335 g/mol. The number of rotatable bonds is 5. The lowest BCUT2D eigenvalue weighted by molar-refractivity contribution is 0.634. The lowest BCUT2D eigenvalue weighted by atomic mass is 10.1. The molecule has 106 valence electrons. The van der Waals surface area contributed by atoms with Crippen LogP contribution in [0.4, 0.5) is 5.82 Å². The zero-order valence-corrected chi connectivity index (χ0v) is 13.6. The Labute approximate surface area is 128 Å². The largest absolute Gasteiger partial charge is 0.370 e. The maximum absolute atomic E-state index is 4.64. The third-order valence-electron chi connectivity index (χ3n) is 2.72. The van der Waals surface area contributed by atoms with Crippen LogP contribution in [-0.4, -0.2) is 21.5 Å². The molecular formula is C15H19BrN4. The molecule has 0 aromatic carbocycles. The van der Waals surface area contributed by atoms with Crippen LogP contribution in [0.3, 0.4) is 0 Å². The predicted molar refractivity (Wildman–Crippen MR) is 85.7 cm³/mol. The van der Waals surface area contributed by atoms with E-state index in [4.69, 9.17) is 0 Å². The summed E-state index contributed by atoms with van der Waals surface area (Å²) < 4.78 is 0.907. The minimum atomic E-state index is 0.555. The number of halogens is 1. The molecule has 1 N–H and O–H groups in total. The van der Waals surface area contributed by atoms with Crippen LogP contribution in [0.1, 0.15) is 26.5 Å². The van der Waals surface area contributed by atoms with Gasteiger partial charge in [-0.25, -0.2) is 9.97 Å². The van der Waals surface area contributed by atoms with Crippen LogP contribution in [0.15, 0.2) is 28.9 Å². The van der Waals surface area contributed by atoms with Crippen LogP contribution >= 0.6 is 15.9 Å². The monoisotopic (exact) mass is 334 g/mol. The van der Waals surface area contributed by atoms with Crippen molar-refractivity contribution in [2.24, 2.45) is 5.92 Å². The molecule has 0 aliphatic heterocycles. The molecule has 0 spiro atoms. The van der Waals surface area contributed by atoms with E-state index in [2.05, 4.69) is 57.0 Å². The molecule has 0 saturated heterocycles. The number of hydrogen-bond donors (Lipinski definition) is 1. The van der Waals surface area contributed by atoms with Crippen molar-refractivity contribution in [2.45, 2.75) is 27.2 Å². The minimum absolute atomic E-state index is 0.555. The van der Waals surface area contributed by atoms with Crippen molar-refractivity contribution in [3.05, 3.63) is 34.6 Å². The smallest absolute Gasteiger partial charge is 0.181 e. The fourth-order valence-electron chi connectivity index (χ4n) is 1.95. The second-order valence-electron chi connectivity index (χ2n) is 5.03. The van der Waals surface area contributed by atoms with Crippen LogP contribution in [0.2, 0.25) is 0 Å². The van der Waals surface area contributed by atoms with Gasteiger partial charge in [-0.1, -0.05) is 13.8 Å². The Balaban J connectivity index is 2.46. The maximum atomic E-state index is 4.64. The van der Waals surface area contributed by atoms with Crippen LogP contribution in [0.5, 0.6) is 0 Å². The highest BCUT2D eigenvalue weighted by Crippen LogP contribution is 2.24. The van der Waals surface area contributed by atoms with E-state index in [1.165, 1.54) is 0 Å². The molecule has 0 saturated carbocycles. The zero-order valence-electron chi connectivity index (χ0n) is 12.0. The van der Waals surface area contributed by atoms with E-state index in [9.17, 15) is 0 Å². The lowest BCUT2D eigenvalue weighted by Crippen LogP contribution is -2.06. The first-order valence-electron chi connectivity index (χ1n) is 6.83. The first-order valence-corrected chi connectivity index (χ1v) is 7.62. The summed E-state index contributed by atoms with van der Waals surface area (Å²) in [7, 11) is 0. The van der Waals surface area contributed by atoms with Crippen molar-refractivity contribution in [2.75, 3.05) is 11.9 Å². The topological polar surface area (TPSA) is 50.7 Å². The molecule has 2 aromatic heterocycles. The quantitative estimate of drug-likeness (QED) is 0.899. The molecular weight excluding hydrogens is 316 g/mol. The van der Waals surface area contributed by atoms with Gasteiger partial charge in [0.1, 0.15) is 11.5 Å². The Bertz CT molecular complexity index is 584. The van der Waals surface area contributed by atoms with Gasteiger partial charge in [-0.3, -0.25) is 4.98 Å². The Hall–Kier alpha value is -1.49. The Morgan fingerprint density at radius 2 is 2.10 bits per heavy atom. The third-order valence-corrected chi connectivity index (χ3v) is 3.36. The van der Waals surface area contributed by atoms with Crippen LogP contribution < -0.4 is 5.32 Å². The molecule has 2 aromatic rings. The number of hydrogen-bond acceptors (Lipinski definition) is 4. The summed E-state index contributed by atoms with van der Waals surface area (Å²) in [5.74, 6) is 2.07. The van der Waals surface area contributed by atoms with E-state index in [1.54, 1.807) is 6.20 Å². The number of nitrogens with one attached hydrogen (secondary N) is 1. The van der Waals surface area contributed by atoms with Gasteiger partial charge in [-0.15, -0.1) is 0 Å². The summed E-state index contributed by atoms with van der Waals surface area (Å²) in [6.45, 7) is 7.26. The highest BCUT2D eigenvalue weighted by molar-refractivity contribution is 9.10. The molecule has 0 fully saturated rings. The van der Waals surface area contributed by atoms with E-state index in [-0.39, 0.29) is 0 Å². The molecule has 0 bridgehead atoms. The van der Waals surface area contributed by atoms with Gasteiger partial charge in [0.05, 0.1) is 0 Å². The summed E-state index contributed by atoms with van der Waals surface area (Å²) in [4.78, 5) is 13.6. The second-order valence-corrected chi connectivity index (χ2v) is 5.88. The molecule has 0 aliphatic rings. The van der Waals surface area contributed by atoms with Gasteiger partial charge in [-0.05, 0) is 47.3 Å². The predicted octanol–water partition coefficient (Wildman–Crippen LogP) is 3.93. The standard InChI is InChI=1S/C15H19BrN4/c1-4-17-13-9-11(8-10(2)3)19-15(20-13)14-12(16)6-5-7-18-14/h5-7,9-10H,4,8H2,1-3H3,(H,17,19,20).